The molecule has 0 bridgehead atoms. The quantitative estimate of drug-likeness (QED) is 0.857. The second-order valence-corrected chi connectivity index (χ2v) is 6.24. The molecule has 1 heterocycles. The van der Waals surface area contributed by atoms with Crippen LogP contribution in [0.15, 0.2) is 18.2 Å². The lowest BCUT2D eigenvalue weighted by Gasteiger charge is -2.24. The normalized spacial score (nSPS) is 16.1. The van der Waals surface area contributed by atoms with Crippen LogP contribution in [0, 0.1) is 4.77 Å². The number of rotatable bonds is 5. The topological polar surface area (TPSA) is 33.2 Å². The van der Waals surface area contributed by atoms with E-state index in [0.717, 1.165) is 40.7 Å². The van der Waals surface area contributed by atoms with E-state index in [0.29, 0.717) is 0 Å². The van der Waals surface area contributed by atoms with E-state index in [1.165, 1.54) is 25.7 Å². The number of hydrogen-bond acceptors (Lipinski definition) is 3. The molecule has 21 heavy (non-hydrogen) atoms. The average molecular weight is 305 g/mol. The number of ether oxygens (including phenoxy) is 1. The first-order valence-corrected chi connectivity index (χ1v) is 8.07. The third kappa shape index (κ3) is 2.85. The fourth-order valence-electron chi connectivity index (χ4n) is 3.33. The van der Waals surface area contributed by atoms with Crippen molar-refractivity contribution in [1.29, 1.82) is 0 Å². The fraction of sp³-hybridized carbons (Fsp3) is 0.562. The molecule has 1 aromatic carbocycles. The van der Waals surface area contributed by atoms with Crippen LogP contribution in [-0.4, -0.2) is 41.2 Å². The maximum absolute atomic E-state index is 5.48. The molecule has 0 atom stereocenters. The van der Waals surface area contributed by atoms with Gasteiger partial charge >= 0.3 is 0 Å². The number of hydrogen-bond donors (Lipinski definition) is 1. The highest BCUT2D eigenvalue weighted by Crippen LogP contribution is 2.25. The summed E-state index contributed by atoms with van der Waals surface area (Å²) in [5, 5.41) is 0. The third-order valence-electron chi connectivity index (χ3n) is 4.62. The van der Waals surface area contributed by atoms with Crippen LogP contribution in [0.5, 0.6) is 5.75 Å². The largest absolute Gasteiger partial charge is 0.494 e. The van der Waals surface area contributed by atoms with Crippen molar-refractivity contribution in [3.63, 3.8) is 0 Å². The molecule has 1 aliphatic rings. The van der Waals surface area contributed by atoms with Gasteiger partial charge in [-0.05, 0) is 44.2 Å². The second kappa shape index (κ2) is 6.20. The number of methoxy groups -OCH3 is 1. The lowest BCUT2D eigenvalue weighted by molar-refractivity contribution is 0.237. The Labute approximate surface area is 130 Å². The smallest absolute Gasteiger partial charge is 0.178 e. The van der Waals surface area contributed by atoms with Crippen LogP contribution in [0.1, 0.15) is 25.7 Å². The number of aromatic amines is 1. The minimum absolute atomic E-state index is 0.749. The molecule has 1 aliphatic carbocycles. The third-order valence-corrected chi connectivity index (χ3v) is 4.94. The van der Waals surface area contributed by atoms with Gasteiger partial charge in [-0.2, -0.15) is 0 Å². The Bertz CT molecular complexity index is 670. The molecule has 0 aliphatic heterocycles. The summed E-state index contributed by atoms with van der Waals surface area (Å²) in [5.41, 5.74) is 2.12. The summed E-state index contributed by atoms with van der Waals surface area (Å²) in [7, 11) is 3.92. The van der Waals surface area contributed by atoms with E-state index >= 15 is 0 Å². The molecular formula is C16H23N3OS. The highest BCUT2D eigenvalue weighted by Gasteiger charge is 2.19. The molecular weight excluding hydrogens is 282 g/mol. The van der Waals surface area contributed by atoms with E-state index in [9.17, 15) is 0 Å². The van der Waals surface area contributed by atoms with Gasteiger partial charge in [-0.15, -0.1) is 0 Å². The first-order valence-electron chi connectivity index (χ1n) is 7.66. The molecule has 5 heteroatoms. The molecule has 0 amide bonds. The number of benzene rings is 1. The molecule has 1 N–H and O–H groups in total. The highest BCUT2D eigenvalue weighted by molar-refractivity contribution is 7.71. The van der Waals surface area contributed by atoms with Crippen molar-refractivity contribution in [1.82, 2.24) is 14.5 Å². The molecule has 0 radical (unpaired) electrons. The van der Waals surface area contributed by atoms with E-state index < -0.39 is 0 Å². The minimum atomic E-state index is 0.749. The Kier molecular flexibility index (Phi) is 4.31. The van der Waals surface area contributed by atoms with Gasteiger partial charge in [-0.1, -0.05) is 18.9 Å². The van der Waals surface area contributed by atoms with Crippen molar-refractivity contribution >= 4 is 23.3 Å². The van der Waals surface area contributed by atoms with Crippen LogP contribution in [0.3, 0.4) is 0 Å². The van der Waals surface area contributed by atoms with E-state index in [-0.39, 0.29) is 0 Å². The van der Waals surface area contributed by atoms with E-state index in [2.05, 4.69) is 27.6 Å². The molecule has 0 unspecified atom stereocenters. The molecule has 4 nitrogen and oxygen atoms in total. The zero-order chi connectivity index (χ0) is 14.8. The van der Waals surface area contributed by atoms with E-state index in [1.807, 2.05) is 12.1 Å². The zero-order valence-electron chi connectivity index (χ0n) is 12.8. The number of aromatic nitrogens is 2. The molecule has 2 aromatic rings. The van der Waals surface area contributed by atoms with Gasteiger partial charge in [0.25, 0.3) is 0 Å². The standard InChI is InChI=1S/C16H23N3OS/c1-18(12-6-3-4-7-12)10-11-19-13-8-5-9-14(20-2)15(13)17-16(19)21/h5,8-9,12H,3-4,6-7,10-11H2,1-2H3,(H,17,21). The Balaban J connectivity index is 1.80. The number of likely N-dealkylation sites (N-methyl/N-ethyl adjacent to an activating group) is 1. The predicted molar refractivity (Wildman–Crippen MR) is 88.6 cm³/mol. The zero-order valence-corrected chi connectivity index (χ0v) is 13.6. The fourth-order valence-corrected chi connectivity index (χ4v) is 3.62. The Morgan fingerprint density at radius 2 is 2.14 bits per heavy atom. The Hall–Kier alpha value is -1.33. The Morgan fingerprint density at radius 1 is 1.38 bits per heavy atom. The van der Waals surface area contributed by atoms with Crippen LogP contribution in [-0.2, 0) is 6.54 Å². The lowest BCUT2D eigenvalue weighted by Crippen LogP contribution is -2.32. The van der Waals surface area contributed by atoms with Gasteiger partial charge in [0.05, 0.1) is 12.6 Å². The first-order chi connectivity index (χ1) is 10.2. The summed E-state index contributed by atoms with van der Waals surface area (Å²) in [6.07, 6.45) is 5.42. The lowest BCUT2D eigenvalue weighted by atomic mass is 10.2. The average Bonchev–Trinajstić information content (AvgIpc) is 3.12. The number of imidazole rings is 1. The number of fused-ring (bicyclic) bond motifs is 1. The van der Waals surface area contributed by atoms with Crippen molar-refractivity contribution in [2.45, 2.75) is 38.3 Å². The van der Waals surface area contributed by atoms with Crippen molar-refractivity contribution in [2.75, 3.05) is 20.7 Å². The molecule has 114 valence electrons. The van der Waals surface area contributed by atoms with Gasteiger partial charge in [-0.3, -0.25) is 0 Å². The number of nitrogens with one attached hydrogen (secondary N) is 1. The summed E-state index contributed by atoms with van der Waals surface area (Å²) in [5.74, 6) is 0.849. The van der Waals surface area contributed by atoms with Gasteiger partial charge in [-0.25, -0.2) is 0 Å². The van der Waals surface area contributed by atoms with E-state index in [4.69, 9.17) is 17.0 Å². The van der Waals surface area contributed by atoms with Crippen LogP contribution >= 0.6 is 12.2 Å². The summed E-state index contributed by atoms with van der Waals surface area (Å²) in [4.78, 5) is 5.75. The molecule has 0 saturated heterocycles. The van der Waals surface area contributed by atoms with Crippen molar-refractivity contribution in [3.8, 4) is 5.75 Å². The summed E-state index contributed by atoms with van der Waals surface area (Å²) < 4.78 is 8.35. The SMILES string of the molecule is COc1cccc2c1[nH]c(=S)n2CCN(C)C1CCCC1. The van der Waals surface area contributed by atoms with Crippen molar-refractivity contribution in [3.05, 3.63) is 23.0 Å². The molecule has 1 aromatic heterocycles. The van der Waals surface area contributed by atoms with Gasteiger partial charge in [0.1, 0.15) is 11.3 Å². The highest BCUT2D eigenvalue weighted by atomic mass is 32.1. The van der Waals surface area contributed by atoms with E-state index in [1.54, 1.807) is 7.11 Å². The van der Waals surface area contributed by atoms with Crippen LogP contribution < -0.4 is 4.74 Å². The summed E-state index contributed by atoms with van der Waals surface area (Å²) >= 11 is 5.48. The molecule has 3 rings (SSSR count). The maximum Gasteiger partial charge on any atom is 0.178 e. The predicted octanol–water partition coefficient (Wildman–Crippen LogP) is 3.58. The van der Waals surface area contributed by atoms with Crippen LogP contribution in [0.25, 0.3) is 11.0 Å². The maximum atomic E-state index is 5.48. The number of nitrogens with zero attached hydrogens (tertiary/aromatic N) is 2. The molecule has 1 saturated carbocycles. The van der Waals surface area contributed by atoms with Gasteiger partial charge in [0, 0.05) is 19.1 Å². The number of para-hydroxylation sites is 1. The monoisotopic (exact) mass is 305 g/mol. The molecule has 1 fully saturated rings. The second-order valence-electron chi connectivity index (χ2n) is 5.86. The number of H-pyrrole nitrogens is 1. The summed E-state index contributed by atoms with van der Waals surface area (Å²) in [6.45, 7) is 1.95. The van der Waals surface area contributed by atoms with Gasteiger partial charge < -0.3 is 19.2 Å². The van der Waals surface area contributed by atoms with Crippen LogP contribution in [0.4, 0.5) is 0 Å². The summed E-state index contributed by atoms with van der Waals surface area (Å²) in [6, 6.07) is 6.82. The van der Waals surface area contributed by atoms with Crippen molar-refractivity contribution in [2.24, 2.45) is 0 Å². The van der Waals surface area contributed by atoms with Crippen LogP contribution in [0.2, 0.25) is 0 Å². The molecule has 0 spiro atoms. The minimum Gasteiger partial charge on any atom is -0.494 e. The Morgan fingerprint density at radius 3 is 2.86 bits per heavy atom. The first kappa shape index (κ1) is 14.6. The van der Waals surface area contributed by atoms with Gasteiger partial charge in [0.2, 0.25) is 0 Å². The van der Waals surface area contributed by atoms with Crippen molar-refractivity contribution < 1.29 is 4.74 Å². The van der Waals surface area contributed by atoms with Gasteiger partial charge in [0.15, 0.2) is 4.77 Å².